The number of carbonyl (C=O) groups is 1. The zero-order valence-corrected chi connectivity index (χ0v) is 15.4. The van der Waals surface area contributed by atoms with E-state index in [1.807, 2.05) is 13.0 Å². The Morgan fingerprint density at radius 2 is 1.74 bits per heavy atom. The number of halogens is 1. The SMILES string of the molecule is CC(=O)Nc1ccc(S(=O)(=O)N(C)c2ccc(Br)c(C)c2)cc1. The van der Waals surface area contributed by atoms with Gasteiger partial charge in [-0.2, -0.15) is 0 Å². The molecule has 0 aliphatic carbocycles. The third kappa shape index (κ3) is 3.92. The number of hydrogen-bond acceptors (Lipinski definition) is 3. The molecule has 0 bridgehead atoms. The zero-order valence-electron chi connectivity index (χ0n) is 13.0. The highest BCUT2D eigenvalue weighted by molar-refractivity contribution is 9.10. The van der Waals surface area contributed by atoms with E-state index >= 15 is 0 Å². The summed E-state index contributed by atoms with van der Waals surface area (Å²) in [5.41, 5.74) is 2.08. The number of benzene rings is 2. The van der Waals surface area contributed by atoms with Crippen LogP contribution in [0.1, 0.15) is 12.5 Å². The Morgan fingerprint density at radius 1 is 1.13 bits per heavy atom. The van der Waals surface area contributed by atoms with Crippen LogP contribution in [-0.4, -0.2) is 21.4 Å². The van der Waals surface area contributed by atoms with Crippen molar-refractivity contribution in [3.8, 4) is 0 Å². The Kier molecular flexibility index (Phi) is 5.11. The smallest absolute Gasteiger partial charge is 0.264 e. The van der Waals surface area contributed by atoms with Gasteiger partial charge in [0, 0.05) is 24.1 Å². The average molecular weight is 397 g/mol. The van der Waals surface area contributed by atoms with Crippen molar-refractivity contribution in [2.75, 3.05) is 16.7 Å². The summed E-state index contributed by atoms with van der Waals surface area (Å²) in [6.45, 7) is 3.30. The lowest BCUT2D eigenvalue weighted by Crippen LogP contribution is -2.26. The summed E-state index contributed by atoms with van der Waals surface area (Å²) in [5, 5.41) is 2.61. The van der Waals surface area contributed by atoms with Gasteiger partial charge < -0.3 is 5.32 Å². The minimum Gasteiger partial charge on any atom is -0.326 e. The van der Waals surface area contributed by atoms with Crippen molar-refractivity contribution in [3.05, 3.63) is 52.5 Å². The van der Waals surface area contributed by atoms with Crippen LogP contribution in [0.25, 0.3) is 0 Å². The van der Waals surface area contributed by atoms with E-state index in [-0.39, 0.29) is 10.8 Å². The van der Waals surface area contributed by atoms with E-state index in [1.54, 1.807) is 24.3 Å². The largest absolute Gasteiger partial charge is 0.326 e. The van der Waals surface area contributed by atoms with Crippen molar-refractivity contribution in [1.29, 1.82) is 0 Å². The van der Waals surface area contributed by atoms with Crippen LogP contribution in [0.3, 0.4) is 0 Å². The number of nitrogens with zero attached hydrogens (tertiary/aromatic N) is 1. The van der Waals surface area contributed by atoms with Gasteiger partial charge in [-0.15, -0.1) is 0 Å². The molecule has 2 aromatic carbocycles. The third-order valence-electron chi connectivity index (χ3n) is 3.34. The van der Waals surface area contributed by atoms with Crippen molar-refractivity contribution >= 4 is 43.2 Å². The standard InChI is InChI=1S/C16H17BrN2O3S/c1-11-10-14(6-9-16(11)17)19(3)23(21,22)15-7-4-13(5-8-15)18-12(2)20/h4-10H,1-3H3,(H,18,20). The Morgan fingerprint density at radius 3 is 2.26 bits per heavy atom. The van der Waals surface area contributed by atoms with E-state index in [0.29, 0.717) is 11.4 Å². The summed E-state index contributed by atoms with van der Waals surface area (Å²) in [7, 11) is -2.15. The molecule has 0 aliphatic rings. The van der Waals surface area contributed by atoms with Crippen LogP contribution >= 0.6 is 15.9 Å². The van der Waals surface area contributed by atoms with Gasteiger partial charge in [0.1, 0.15) is 0 Å². The summed E-state index contributed by atoms with van der Waals surface area (Å²) >= 11 is 3.40. The first-order chi connectivity index (χ1) is 10.7. The number of sulfonamides is 1. The average Bonchev–Trinajstić information content (AvgIpc) is 2.49. The van der Waals surface area contributed by atoms with Gasteiger partial charge in [-0.1, -0.05) is 15.9 Å². The number of anilines is 2. The molecule has 0 heterocycles. The molecular formula is C16H17BrN2O3S. The molecule has 0 saturated carbocycles. The Labute approximate surface area is 144 Å². The maximum absolute atomic E-state index is 12.7. The molecule has 1 amide bonds. The van der Waals surface area contributed by atoms with Crippen LogP contribution in [0.2, 0.25) is 0 Å². The molecule has 5 nitrogen and oxygen atoms in total. The fourth-order valence-corrected chi connectivity index (χ4v) is 3.47. The first-order valence-corrected chi connectivity index (χ1v) is 9.08. The second kappa shape index (κ2) is 6.72. The second-order valence-electron chi connectivity index (χ2n) is 5.11. The molecule has 7 heteroatoms. The Bertz CT molecular complexity index is 833. The van der Waals surface area contributed by atoms with E-state index in [9.17, 15) is 13.2 Å². The van der Waals surface area contributed by atoms with Crippen LogP contribution in [0.4, 0.5) is 11.4 Å². The lowest BCUT2D eigenvalue weighted by atomic mass is 10.2. The predicted molar refractivity (Wildman–Crippen MR) is 95.2 cm³/mol. The van der Waals surface area contributed by atoms with Gasteiger partial charge in [-0.25, -0.2) is 8.42 Å². The predicted octanol–water partition coefficient (Wildman–Crippen LogP) is 3.54. The van der Waals surface area contributed by atoms with Crippen LogP contribution in [0.15, 0.2) is 51.8 Å². The molecule has 0 aliphatic heterocycles. The summed E-state index contributed by atoms with van der Waals surface area (Å²) in [6.07, 6.45) is 0. The molecular weight excluding hydrogens is 380 g/mol. The van der Waals surface area contributed by atoms with Crippen molar-refractivity contribution in [2.24, 2.45) is 0 Å². The Hall–Kier alpha value is -1.86. The van der Waals surface area contributed by atoms with Crippen molar-refractivity contribution in [3.63, 3.8) is 0 Å². The highest BCUT2D eigenvalue weighted by Crippen LogP contribution is 2.26. The van der Waals surface area contributed by atoms with Gasteiger partial charge in [0.2, 0.25) is 5.91 Å². The molecule has 23 heavy (non-hydrogen) atoms. The van der Waals surface area contributed by atoms with E-state index in [1.165, 1.54) is 30.4 Å². The van der Waals surface area contributed by atoms with E-state index in [4.69, 9.17) is 0 Å². The quantitative estimate of drug-likeness (QED) is 0.858. The summed E-state index contributed by atoms with van der Waals surface area (Å²) in [4.78, 5) is 11.2. The molecule has 0 saturated heterocycles. The monoisotopic (exact) mass is 396 g/mol. The molecule has 0 unspecified atom stereocenters. The van der Waals surface area contributed by atoms with Crippen LogP contribution < -0.4 is 9.62 Å². The van der Waals surface area contributed by atoms with Gasteiger partial charge in [0.15, 0.2) is 0 Å². The molecule has 2 rings (SSSR count). The maximum atomic E-state index is 12.7. The van der Waals surface area contributed by atoms with E-state index < -0.39 is 10.0 Å². The lowest BCUT2D eigenvalue weighted by molar-refractivity contribution is -0.114. The fraction of sp³-hybridized carbons (Fsp3) is 0.188. The van der Waals surface area contributed by atoms with Gasteiger partial charge in [0.25, 0.3) is 10.0 Å². The van der Waals surface area contributed by atoms with Gasteiger partial charge in [0.05, 0.1) is 10.6 Å². The minimum atomic E-state index is -3.66. The second-order valence-corrected chi connectivity index (χ2v) is 7.94. The molecule has 2 aromatic rings. The minimum absolute atomic E-state index is 0.162. The van der Waals surface area contributed by atoms with Crippen molar-refractivity contribution in [2.45, 2.75) is 18.7 Å². The van der Waals surface area contributed by atoms with Gasteiger partial charge in [-0.3, -0.25) is 9.10 Å². The van der Waals surface area contributed by atoms with Crippen molar-refractivity contribution < 1.29 is 13.2 Å². The molecule has 0 spiro atoms. The first kappa shape index (κ1) is 17.5. The number of amides is 1. The van der Waals surface area contributed by atoms with E-state index in [0.717, 1.165) is 10.0 Å². The molecule has 0 aromatic heterocycles. The number of aryl methyl sites for hydroxylation is 1. The highest BCUT2D eigenvalue weighted by Gasteiger charge is 2.21. The molecule has 122 valence electrons. The summed E-state index contributed by atoms with van der Waals surface area (Å²) in [5.74, 6) is -0.205. The fourth-order valence-electron chi connectivity index (χ4n) is 2.04. The van der Waals surface area contributed by atoms with E-state index in [2.05, 4.69) is 21.2 Å². The number of nitrogens with one attached hydrogen (secondary N) is 1. The van der Waals surface area contributed by atoms with Crippen LogP contribution in [0, 0.1) is 6.92 Å². The molecule has 0 atom stereocenters. The summed E-state index contributed by atoms with van der Waals surface area (Å²) in [6, 6.07) is 11.4. The lowest BCUT2D eigenvalue weighted by Gasteiger charge is -2.20. The van der Waals surface area contributed by atoms with Crippen LogP contribution in [-0.2, 0) is 14.8 Å². The Balaban J connectivity index is 2.33. The van der Waals surface area contributed by atoms with Crippen molar-refractivity contribution in [1.82, 2.24) is 0 Å². The number of carbonyl (C=O) groups excluding carboxylic acids is 1. The molecule has 1 N–H and O–H groups in total. The van der Waals surface area contributed by atoms with Gasteiger partial charge in [-0.05, 0) is 55.0 Å². The normalized spacial score (nSPS) is 11.1. The van der Waals surface area contributed by atoms with Crippen LogP contribution in [0.5, 0.6) is 0 Å². The number of rotatable bonds is 4. The zero-order chi connectivity index (χ0) is 17.2. The highest BCUT2D eigenvalue weighted by atomic mass is 79.9. The molecule has 0 radical (unpaired) electrons. The number of hydrogen-bond donors (Lipinski definition) is 1. The maximum Gasteiger partial charge on any atom is 0.264 e. The molecule has 0 fully saturated rings. The summed E-state index contributed by atoms with van der Waals surface area (Å²) < 4.78 is 27.5. The topological polar surface area (TPSA) is 66.5 Å². The first-order valence-electron chi connectivity index (χ1n) is 6.84. The van der Waals surface area contributed by atoms with Gasteiger partial charge >= 0.3 is 0 Å². The third-order valence-corrected chi connectivity index (χ3v) is 6.03.